The fourth-order valence-corrected chi connectivity index (χ4v) is 2.26. The fourth-order valence-electron chi connectivity index (χ4n) is 2.26. The van der Waals surface area contributed by atoms with Crippen LogP contribution in [0.4, 0.5) is 0 Å². The molecule has 0 saturated heterocycles. The molecule has 0 aliphatic heterocycles. The first kappa shape index (κ1) is 23.7. The summed E-state index contributed by atoms with van der Waals surface area (Å²) in [7, 11) is 0. The van der Waals surface area contributed by atoms with Gasteiger partial charge in [0.2, 0.25) is 0 Å². The summed E-state index contributed by atoms with van der Waals surface area (Å²) in [6.07, 6.45) is -0.658. The SMILES string of the molecule is CC(O)CNCCNCCNCCNCCN(CCO)CC(C)O. The topological polar surface area (TPSA) is 112 Å². The fraction of sp³-hybridized carbons (Fsp3) is 1.00. The number of aliphatic hydroxyl groups is 3. The van der Waals surface area contributed by atoms with E-state index in [4.69, 9.17) is 10.2 Å². The second kappa shape index (κ2) is 17.5. The van der Waals surface area contributed by atoms with Crippen LogP contribution in [0.1, 0.15) is 13.8 Å². The summed E-state index contributed by atoms with van der Waals surface area (Å²) in [5, 5.41) is 40.7. The van der Waals surface area contributed by atoms with Gasteiger partial charge in [0.05, 0.1) is 18.8 Å². The molecule has 0 spiro atoms. The molecular weight excluding hydrogens is 310 g/mol. The van der Waals surface area contributed by atoms with E-state index in [1.807, 2.05) is 0 Å². The minimum absolute atomic E-state index is 0.121. The Morgan fingerprint density at radius 3 is 1.67 bits per heavy atom. The zero-order valence-electron chi connectivity index (χ0n) is 15.4. The first-order chi connectivity index (χ1) is 11.6. The molecule has 0 amide bonds. The largest absolute Gasteiger partial charge is 0.395 e. The van der Waals surface area contributed by atoms with Crippen LogP contribution < -0.4 is 21.3 Å². The first-order valence-corrected chi connectivity index (χ1v) is 9.08. The summed E-state index contributed by atoms with van der Waals surface area (Å²) in [6, 6.07) is 0. The third kappa shape index (κ3) is 18.0. The summed E-state index contributed by atoms with van der Waals surface area (Å²) < 4.78 is 0. The highest BCUT2D eigenvalue weighted by Gasteiger charge is 2.06. The summed E-state index contributed by atoms with van der Waals surface area (Å²) in [5.74, 6) is 0. The molecule has 0 bridgehead atoms. The van der Waals surface area contributed by atoms with E-state index < -0.39 is 0 Å². The molecular formula is C16H39N5O3. The molecule has 24 heavy (non-hydrogen) atoms. The van der Waals surface area contributed by atoms with Gasteiger partial charge >= 0.3 is 0 Å². The number of aliphatic hydroxyl groups excluding tert-OH is 3. The van der Waals surface area contributed by atoms with Gasteiger partial charge in [-0.25, -0.2) is 0 Å². The molecule has 0 aromatic carbocycles. The molecule has 0 aromatic rings. The summed E-state index contributed by atoms with van der Waals surface area (Å²) in [6.45, 7) is 12.6. The van der Waals surface area contributed by atoms with Crippen molar-refractivity contribution in [3.05, 3.63) is 0 Å². The van der Waals surface area contributed by atoms with Crippen molar-refractivity contribution < 1.29 is 15.3 Å². The van der Waals surface area contributed by atoms with E-state index >= 15 is 0 Å². The maximum atomic E-state index is 9.39. The Balaban J connectivity index is 3.26. The van der Waals surface area contributed by atoms with Gasteiger partial charge in [0.15, 0.2) is 0 Å². The third-order valence-electron chi connectivity index (χ3n) is 3.42. The molecule has 2 atom stereocenters. The minimum Gasteiger partial charge on any atom is -0.395 e. The van der Waals surface area contributed by atoms with Gasteiger partial charge in [-0.2, -0.15) is 0 Å². The molecule has 0 aliphatic carbocycles. The van der Waals surface area contributed by atoms with Crippen molar-refractivity contribution in [2.24, 2.45) is 0 Å². The highest BCUT2D eigenvalue weighted by atomic mass is 16.3. The van der Waals surface area contributed by atoms with Gasteiger partial charge < -0.3 is 36.6 Å². The molecule has 0 heterocycles. The first-order valence-electron chi connectivity index (χ1n) is 9.08. The van der Waals surface area contributed by atoms with E-state index in [-0.39, 0.29) is 18.8 Å². The van der Waals surface area contributed by atoms with Crippen LogP contribution in [0.3, 0.4) is 0 Å². The van der Waals surface area contributed by atoms with Crippen molar-refractivity contribution in [1.82, 2.24) is 26.2 Å². The molecule has 8 nitrogen and oxygen atoms in total. The van der Waals surface area contributed by atoms with Crippen LogP contribution in [-0.2, 0) is 0 Å². The lowest BCUT2D eigenvalue weighted by Crippen LogP contribution is -2.40. The number of hydrogen-bond acceptors (Lipinski definition) is 8. The van der Waals surface area contributed by atoms with Crippen molar-refractivity contribution in [2.75, 3.05) is 78.6 Å². The number of nitrogens with zero attached hydrogens (tertiary/aromatic N) is 1. The second-order valence-electron chi connectivity index (χ2n) is 6.18. The Kier molecular flexibility index (Phi) is 17.3. The quantitative estimate of drug-likeness (QED) is 0.135. The molecule has 0 radical (unpaired) electrons. The van der Waals surface area contributed by atoms with Crippen molar-refractivity contribution >= 4 is 0 Å². The molecule has 0 fully saturated rings. The zero-order chi connectivity index (χ0) is 18.0. The monoisotopic (exact) mass is 349 g/mol. The average molecular weight is 350 g/mol. The van der Waals surface area contributed by atoms with Crippen LogP contribution in [0.25, 0.3) is 0 Å². The van der Waals surface area contributed by atoms with Gasteiger partial charge in [0, 0.05) is 72.0 Å². The lowest BCUT2D eigenvalue weighted by atomic mass is 10.3. The highest BCUT2D eigenvalue weighted by Crippen LogP contribution is 1.90. The molecule has 0 rings (SSSR count). The molecule has 2 unspecified atom stereocenters. The zero-order valence-corrected chi connectivity index (χ0v) is 15.4. The maximum Gasteiger partial charge on any atom is 0.0639 e. The van der Waals surface area contributed by atoms with Crippen LogP contribution in [0.2, 0.25) is 0 Å². The van der Waals surface area contributed by atoms with E-state index in [2.05, 4.69) is 26.2 Å². The molecule has 8 heteroatoms. The Morgan fingerprint density at radius 2 is 1.21 bits per heavy atom. The Hall–Kier alpha value is -0.320. The molecule has 146 valence electrons. The second-order valence-corrected chi connectivity index (χ2v) is 6.18. The number of rotatable bonds is 18. The molecule has 0 aliphatic rings. The molecule has 7 N–H and O–H groups in total. The normalized spacial score (nSPS) is 14.2. The maximum absolute atomic E-state index is 9.39. The van der Waals surface area contributed by atoms with Crippen LogP contribution in [0, 0.1) is 0 Å². The Labute approximate surface area is 147 Å². The Bertz CT molecular complexity index is 258. The number of hydrogen-bond donors (Lipinski definition) is 7. The smallest absolute Gasteiger partial charge is 0.0639 e. The average Bonchev–Trinajstić information content (AvgIpc) is 2.51. The summed E-state index contributed by atoms with van der Waals surface area (Å²) in [5.41, 5.74) is 0. The predicted molar refractivity (Wildman–Crippen MR) is 98.4 cm³/mol. The lowest BCUT2D eigenvalue weighted by molar-refractivity contribution is 0.112. The van der Waals surface area contributed by atoms with Crippen LogP contribution in [-0.4, -0.2) is 111 Å². The van der Waals surface area contributed by atoms with Gasteiger partial charge in [-0.3, -0.25) is 4.90 Å². The van der Waals surface area contributed by atoms with E-state index in [0.717, 1.165) is 52.4 Å². The van der Waals surface area contributed by atoms with Gasteiger partial charge in [0.25, 0.3) is 0 Å². The summed E-state index contributed by atoms with van der Waals surface area (Å²) in [4.78, 5) is 2.06. The van der Waals surface area contributed by atoms with Crippen molar-refractivity contribution in [3.8, 4) is 0 Å². The van der Waals surface area contributed by atoms with Crippen LogP contribution in [0.5, 0.6) is 0 Å². The minimum atomic E-state index is -0.368. The summed E-state index contributed by atoms with van der Waals surface area (Å²) >= 11 is 0. The van der Waals surface area contributed by atoms with Crippen LogP contribution >= 0.6 is 0 Å². The van der Waals surface area contributed by atoms with E-state index in [1.165, 1.54) is 0 Å². The molecule has 0 saturated carbocycles. The Morgan fingerprint density at radius 1 is 0.708 bits per heavy atom. The van der Waals surface area contributed by atoms with Crippen molar-refractivity contribution in [2.45, 2.75) is 26.1 Å². The third-order valence-corrected chi connectivity index (χ3v) is 3.42. The van der Waals surface area contributed by atoms with Gasteiger partial charge in [-0.15, -0.1) is 0 Å². The van der Waals surface area contributed by atoms with Gasteiger partial charge in [-0.05, 0) is 13.8 Å². The van der Waals surface area contributed by atoms with Crippen LogP contribution in [0.15, 0.2) is 0 Å². The highest BCUT2D eigenvalue weighted by molar-refractivity contribution is 4.63. The van der Waals surface area contributed by atoms with Crippen molar-refractivity contribution in [3.63, 3.8) is 0 Å². The van der Waals surface area contributed by atoms with E-state index in [1.54, 1.807) is 13.8 Å². The van der Waals surface area contributed by atoms with Gasteiger partial charge in [-0.1, -0.05) is 0 Å². The lowest BCUT2D eigenvalue weighted by Gasteiger charge is -2.22. The number of nitrogens with one attached hydrogen (secondary N) is 4. The van der Waals surface area contributed by atoms with Gasteiger partial charge in [0.1, 0.15) is 0 Å². The predicted octanol–water partition coefficient (Wildman–Crippen LogP) is -2.60. The van der Waals surface area contributed by atoms with E-state index in [0.29, 0.717) is 19.6 Å². The molecule has 0 aromatic heterocycles. The standard InChI is InChI=1S/C16H39N5O3/c1-15(23)13-20-8-7-18-4-3-17-5-6-19-9-10-21(11-12-22)14-16(2)24/h15-20,22-24H,3-14H2,1-2H3. The van der Waals surface area contributed by atoms with E-state index in [9.17, 15) is 5.11 Å². The van der Waals surface area contributed by atoms with Crippen molar-refractivity contribution in [1.29, 1.82) is 0 Å².